The molecule has 1 nitrogen and oxygen atoms in total. The Kier molecular flexibility index (Phi) is 4.14. The molecule has 0 heterocycles. The summed E-state index contributed by atoms with van der Waals surface area (Å²) >= 11 is 3.44. The molecule has 2 fully saturated rings. The maximum atomic E-state index is 10.7. The second-order valence-electron chi connectivity index (χ2n) is 6.90. The third-order valence-electron chi connectivity index (χ3n) is 5.00. The van der Waals surface area contributed by atoms with Gasteiger partial charge in [0, 0.05) is 15.8 Å². The summed E-state index contributed by atoms with van der Waals surface area (Å²) < 4.78 is 1.05. The van der Waals surface area contributed by atoms with E-state index >= 15 is 0 Å². The van der Waals surface area contributed by atoms with Gasteiger partial charge in [-0.25, -0.2) is 0 Å². The van der Waals surface area contributed by atoms with Crippen LogP contribution in [0.4, 0.5) is 0 Å². The summed E-state index contributed by atoms with van der Waals surface area (Å²) in [6.45, 7) is 4.46. The molecule has 2 atom stereocenters. The summed E-state index contributed by atoms with van der Waals surface area (Å²) in [5, 5.41) is 10.7. The van der Waals surface area contributed by atoms with E-state index in [-0.39, 0.29) is 11.3 Å². The number of benzene rings is 1. The maximum absolute atomic E-state index is 10.7. The van der Waals surface area contributed by atoms with Gasteiger partial charge >= 0.3 is 0 Å². The molecule has 2 unspecified atom stereocenters. The fourth-order valence-electron chi connectivity index (χ4n) is 3.52. The Morgan fingerprint density at radius 2 is 1.76 bits per heavy atom. The Balaban J connectivity index is 1.85. The third kappa shape index (κ3) is 3.04. The smallest absolute Gasteiger partial charge is 0.0870 e. The van der Waals surface area contributed by atoms with Crippen LogP contribution in [0.2, 0.25) is 0 Å². The van der Waals surface area contributed by atoms with Crippen molar-refractivity contribution >= 4 is 15.9 Å². The van der Waals surface area contributed by atoms with Gasteiger partial charge in [0.25, 0.3) is 0 Å². The van der Waals surface area contributed by atoms with Crippen LogP contribution in [0.5, 0.6) is 0 Å². The predicted molar refractivity (Wildman–Crippen MR) is 90.0 cm³/mol. The lowest BCUT2D eigenvalue weighted by Crippen LogP contribution is -2.04. The molecular weight excluding hydrogens is 324 g/mol. The van der Waals surface area contributed by atoms with Gasteiger partial charge in [0.2, 0.25) is 0 Å². The number of halogens is 1. The van der Waals surface area contributed by atoms with Gasteiger partial charge < -0.3 is 5.11 Å². The van der Waals surface area contributed by atoms with E-state index < -0.39 is 6.10 Å². The van der Waals surface area contributed by atoms with Crippen molar-refractivity contribution in [1.29, 1.82) is 0 Å². The van der Waals surface area contributed by atoms with E-state index in [1.165, 1.54) is 43.3 Å². The van der Waals surface area contributed by atoms with Crippen LogP contribution in [0, 0.1) is 11.3 Å². The average Bonchev–Trinajstić information content (AvgIpc) is 3.01. The molecule has 3 rings (SSSR count). The van der Waals surface area contributed by atoms with E-state index in [9.17, 15) is 5.11 Å². The molecule has 1 N–H and O–H groups in total. The molecule has 21 heavy (non-hydrogen) atoms. The minimum atomic E-state index is -0.417. The molecule has 0 aromatic heterocycles. The van der Waals surface area contributed by atoms with Gasteiger partial charge in [-0.3, -0.25) is 0 Å². The third-order valence-corrected chi connectivity index (χ3v) is 5.52. The Labute approximate surface area is 135 Å². The molecular formula is C19H23BrO. The van der Waals surface area contributed by atoms with Crippen LogP contribution in [-0.4, -0.2) is 5.11 Å². The topological polar surface area (TPSA) is 20.2 Å². The first-order chi connectivity index (χ1) is 10.00. The van der Waals surface area contributed by atoms with Crippen molar-refractivity contribution < 1.29 is 5.11 Å². The first-order valence-corrected chi connectivity index (χ1v) is 8.72. The highest BCUT2D eigenvalue weighted by atomic mass is 79.9. The number of aliphatic hydroxyl groups excluding tert-OH is 1. The van der Waals surface area contributed by atoms with Gasteiger partial charge in [0.15, 0.2) is 0 Å². The van der Waals surface area contributed by atoms with E-state index in [2.05, 4.69) is 35.5 Å². The highest BCUT2D eigenvalue weighted by Crippen LogP contribution is 2.62. The normalized spacial score (nSPS) is 25.4. The monoisotopic (exact) mass is 346 g/mol. The summed E-state index contributed by atoms with van der Waals surface area (Å²) in [6.07, 6.45) is 5.93. The second-order valence-corrected chi connectivity index (χ2v) is 7.81. The summed E-state index contributed by atoms with van der Waals surface area (Å²) in [7, 11) is 0. The van der Waals surface area contributed by atoms with Gasteiger partial charge in [-0.05, 0) is 54.5 Å². The van der Waals surface area contributed by atoms with Crippen LogP contribution >= 0.6 is 15.9 Å². The zero-order chi connectivity index (χ0) is 15.0. The van der Waals surface area contributed by atoms with Crippen molar-refractivity contribution in [1.82, 2.24) is 0 Å². The average molecular weight is 347 g/mol. The lowest BCUT2D eigenvalue weighted by molar-refractivity contribution is 0.140. The van der Waals surface area contributed by atoms with Crippen molar-refractivity contribution in [2.24, 2.45) is 11.3 Å². The maximum Gasteiger partial charge on any atom is 0.0870 e. The summed E-state index contributed by atoms with van der Waals surface area (Å²) in [4.78, 5) is 0. The molecule has 2 aliphatic carbocycles. The van der Waals surface area contributed by atoms with Crippen molar-refractivity contribution in [2.45, 2.75) is 52.1 Å². The van der Waals surface area contributed by atoms with Crippen molar-refractivity contribution in [3.05, 3.63) is 51.2 Å². The van der Waals surface area contributed by atoms with Gasteiger partial charge in [-0.15, -0.1) is 5.73 Å². The Morgan fingerprint density at radius 1 is 1.14 bits per heavy atom. The van der Waals surface area contributed by atoms with Crippen LogP contribution in [0.3, 0.4) is 0 Å². The molecule has 2 aliphatic rings. The second kappa shape index (κ2) is 5.76. The molecule has 0 spiro atoms. The quantitative estimate of drug-likeness (QED) is 0.695. The summed E-state index contributed by atoms with van der Waals surface area (Å²) in [5.74, 6) is 0.216. The molecule has 0 bridgehead atoms. The van der Waals surface area contributed by atoms with E-state index in [1.54, 1.807) is 0 Å². The van der Waals surface area contributed by atoms with Gasteiger partial charge in [0.1, 0.15) is 0 Å². The van der Waals surface area contributed by atoms with Crippen molar-refractivity contribution in [3.8, 4) is 0 Å². The minimum Gasteiger partial charge on any atom is -0.388 e. The molecule has 2 saturated carbocycles. The van der Waals surface area contributed by atoms with Crippen molar-refractivity contribution in [2.75, 3.05) is 0 Å². The highest BCUT2D eigenvalue weighted by molar-refractivity contribution is 9.10. The molecule has 112 valence electrons. The van der Waals surface area contributed by atoms with E-state index in [0.29, 0.717) is 0 Å². The lowest BCUT2D eigenvalue weighted by Gasteiger charge is -2.11. The Hall–Kier alpha value is -0.820. The van der Waals surface area contributed by atoms with Crippen molar-refractivity contribution in [3.63, 3.8) is 0 Å². The van der Waals surface area contributed by atoms with Crippen LogP contribution in [0.15, 0.2) is 45.6 Å². The molecule has 0 amide bonds. The van der Waals surface area contributed by atoms with E-state index in [4.69, 9.17) is 0 Å². The summed E-state index contributed by atoms with van der Waals surface area (Å²) in [6, 6.07) is 8.01. The highest BCUT2D eigenvalue weighted by Gasteiger charge is 2.56. The first-order valence-electron chi connectivity index (χ1n) is 7.93. The van der Waals surface area contributed by atoms with Gasteiger partial charge in [0.05, 0.1) is 6.10 Å². The van der Waals surface area contributed by atoms with Crippen LogP contribution < -0.4 is 0 Å². The molecule has 1 aromatic rings. The summed E-state index contributed by atoms with van der Waals surface area (Å²) in [5.41, 5.74) is 7.52. The van der Waals surface area contributed by atoms with Crippen LogP contribution in [0.25, 0.3) is 0 Å². The van der Waals surface area contributed by atoms with Crippen LogP contribution in [-0.2, 0) is 0 Å². The fourth-order valence-corrected chi connectivity index (χ4v) is 3.78. The number of hydrogen-bond donors (Lipinski definition) is 1. The fraction of sp³-hybridized carbons (Fsp3) is 0.526. The SMILES string of the molecule is CC1(C)C(=C=C2CCCCC2)C1C(O)c1ccc(Br)cc1. The van der Waals surface area contributed by atoms with E-state index in [0.717, 1.165) is 10.0 Å². The lowest BCUT2D eigenvalue weighted by atomic mass is 9.95. The minimum absolute atomic E-state index is 0.0803. The van der Waals surface area contributed by atoms with Gasteiger partial charge in [-0.1, -0.05) is 48.3 Å². The molecule has 0 aliphatic heterocycles. The largest absolute Gasteiger partial charge is 0.388 e. The molecule has 2 heteroatoms. The zero-order valence-corrected chi connectivity index (χ0v) is 14.4. The number of rotatable bonds is 2. The number of aliphatic hydroxyl groups is 1. The van der Waals surface area contributed by atoms with E-state index in [1.807, 2.05) is 24.3 Å². The Morgan fingerprint density at radius 3 is 2.38 bits per heavy atom. The first kappa shape index (κ1) is 15.1. The predicted octanol–water partition coefficient (Wildman–Crippen LogP) is 5.55. The molecule has 1 aromatic carbocycles. The Bertz CT molecular complexity index is 582. The number of hydrogen-bond acceptors (Lipinski definition) is 1. The van der Waals surface area contributed by atoms with Gasteiger partial charge in [-0.2, -0.15) is 0 Å². The standard InChI is InChI=1S/C19H23BrO/c1-19(2)16(12-13-6-4-3-5-7-13)17(19)18(21)14-8-10-15(20)11-9-14/h8-11,17-18,21H,3-7H2,1-2H3. The molecule has 0 saturated heterocycles. The van der Waals surface area contributed by atoms with Crippen LogP contribution in [0.1, 0.15) is 57.6 Å². The molecule has 0 radical (unpaired) electrons. The zero-order valence-electron chi connectivity index (χ0n) is 12.8.